The monoisotopic (exact) mass is 320 g/mol. The lowest BCUT2D eigenvalue weighted by atomic mass is 10.1. The summed E-state index contributed by atoms with van der Waals surface area (Å²) < 4.78 is 14.0. The van der Waals surface area contributed by atoms with Crippen LogP contribution in [-0.4, -0.2) is 6.54 Å². The zero-order valence-corrected chi connectivity index (χ0v) is 11.9. The molecule has 98 valence electrons. The van der Waals surface area contributed by atoms with Gasteiger partial charge in [-0.3, -0.25) is 0 Å². The third-order valence-electron chi connectivity index (χ3n) is 3.43. The van der Waals surface area contributed by atoms with E-state index in [4.69, 9.17) is 5.73 Å². The van der Waals surface area contributed by atoms with Crippen molar-refractivity contribution in [3.05, 3.63) is 63.9 Å². The highest BCUT2D eigenvalue weighted by atomic mass is 79.9. The van der Waals surface area contributed by atoms with Crippen LogP contribution < -0.4 is 10.6 Å². The lowest BCUT2D eigenvalue weighted by molar-refractivity contribution is 0.626. The van der Waals surface area contributed by atoms with Gasteiger partial charge >= 0.3 is 0 Å². The molecule has 1 heterocycles. The zero-order valence-electron chi connectivity index (χ0n) is 10.3. The van der Waals surface area contributed by atoms with Gasteiger partial charge in [0.2, 0.25) is 0 Å². The number of halogens is 2. The van der Waals surface area contributed by atoms with Crippen LogP contribution in [0.5, 0.6) is 0 Å². The summed E-state index contributed by atoms with van der Waals surface area (Å²) in [4.78, 5) is 2.24. The van der Waals surface area contributed by atoms with E-state index >= 15 is 0 Å². The predicted octanol–water partition coefficient (Wildman–Crippen LogP) is 3.61. The Kier molecular flexibility index (Phi) is 3.29. The molecule has 0 saturated heterocycles. The lowest BCUT2D eigenvalue weighted by Gasteiger charge is -2.19. The van der Waals surface area contributed by atoms with Crippen LogP contribution in [-0.2, 0) is 6.54 Å². The summed E-state index contributed by atoms with van der Waals surface area (Å²) in [6.07, 6.45) is 0. The number of nitrogens with two attached hydrogens (primary N) is 1. The maximum absolute atomic E-state index is 12.9. The third-order valence-corrected chi connectivity index (χ3v) is 3.93. The molecule has 19 heavy (non-hydrogen) atoms. The van der Waals surface area contributed by atoms with Crippen LogP contribution in [0.1, 0.15) is 17.2 Å². The van der Waals surface area contributed by atoms with Crippen LogP contribution in [0.15, 0.2) is 46.9 Å². The Morgan fingerprint density at radius 1 is 1.21 bits per heavy atom. The van der Waals surface area contributed by atoms with E-state index < -0.39 is 0 Å². The summed E-state index contributed by atoms with van der Waals surface area (Å²) in [7, 11) is 0. The molecule has 1 unspecified atom stereocenters. The second kappa shape index (κ2) is 4.94. The van der Waals surface area contributed by atoms with E-state index in [0.717, 1.165) is 28.7 Å². The molecule has 0 aromatic heterocycles. The van der Waals surface area contributed by atoms with E-state index in [1.54, 1.807) is 0 Å². The Labute approximate surface area is 120 Å². The molecule has 0 fully saturated rings. The summed E-state index contributed by atoms with van der Waals surface area (Å²) >= 11 is 3.47. The van der Waals surface area contributed by atoms with Gasteiger partial charge in [-0.1, -0.05) is 28.1 Å². The molecule has 2 nitrogen and oxygen atoms in total. The molecule has 4 heteroatoms. The van der Waals surface area contributed by atoms with Gasteiger partial charge in [0.05, 0.1) is 0 Å². The third kappa shape index (κ3) is 2.51. The second-order valence-corrected chi connectivity index (χ2v) is 5.73. The van der Waals surface area contributed by atoms with Gasteiger partial charge < -0.3 is 10.6 Å². The molecule has 1 aliphatic heterocycles. The fourth-order valence-electron chi connectivity index (χ4n) is 2.50. The van der Waals surface area contributed by atoms with Crippen LogP contribution in [0.3, 0.4) is 0 Å². The predicted molar refractivity (Wildman–Crippen MR) is 78.5 cm³/mol. The van der Waals surface area contributed by atoms with Crippen molar-refractivity contribution in [1.82, 2.24) is 0 Å². The number of benzene rings is 2. The first-order valence-electron chi connectivity index (χ1n) is 6.18. The van der Waals surface area contributed by atoms with Gasteiger partial charge in [-0.15, -0.1) is 0 Å². The highest BCUT2D eigenvalue weighted by molar-refractivity contribution is 9.10. The van der Waals surface area contributed by atoms with Crippen LogP contribution in [0.4, 0.5) is 10.1 Å². The van der Waals surface area contributed by atoms with Gasteiger partial charge in [0.1, 0.15) is 5.82 Å². The Hall–Kier alpha value is -1.39. The molecule has 1 atom stereocenters. The summed E-state index contributed by atoms with van der Waals surface area (Å²) in [5.74, 6) is -0.203. The van der Waals surface area contributed by atoms with Crippen molar-refractivity contribution in [1.29, 1.82) is 0 Å². The molecule has 3 rings (SSSR count). The van der Waals surface area contributed by atoms with Crippen molar-refractivity contribution in [2.75, 3.05) is 11.4 Å². The van der Waals surface area contributed by atoms with Gasteiger partial charge in [0.15, 0.2) is 0 Å². The second-order valence-electron chi connectivity index (χ2n) is 4.82. The van der Waals surface area contributed by atoms with Crippen LogP contribution in [0, 0.1) is 5.82 Å². The van der Waals surface area contributed by atoms with Crippen LogP contribution in [0.2, 0.25) is 0 Å². The van der Waals surface area contributed by atoms with Crippen molar-refractivity contribution in [2.45, 2.75) is 12.6 Å². The number of anilines is 1. The smallest absolute Gasteiger partial charge is 0.123 e. The van der Waals surface area contributed by atoms with Crippen molar-refractivity contribution in [3.8, 4) is 0 Å². The largest absolute Gasteiger partial charge is 0.365 e. The van der Waals surface area contributed by atoms with E-state index in [9.17, 15) is 4.39 Å². The lowest BCUT2D eigenvalue weighted by Crippen LogP contribution is -2.23. The van der Waals surface area contributed by atoms with E-state index in [-0.39, 0.29) is 11.9 Å². The normalized spacial score (nSPS) is 17.6. The Bertz CT molecular complexity index is 598. The molecule has 0 spiro atoms. The van der Waals surface area contributed by atoms with Crippen LogP contribution >= 0.6 is 15.9 Å². The number of nitrogens with zero attached hydrogens (tertiary/aromatic N) is 1. The number of rotatable bonds is 2. The average Bonchev–Trinajstić information content (AvgIpc) is 2.69. The number of fused-ring (bicyclic) bond motifs is 1. The van der Waals surface area contributed by atoms with Gasteiger partial charge in [0.25, 0.3) is 0 Å². The minimum atomic E-state index is -0.203. The van der Waals surface area contributed by atoms with E-state index in [0.29, 0.717) is 0 Å². The molecule has 0 aliphatic carbocycles. The maximum atomic E-state index is 12.9. The van der Waals surface area contributed by atoms with Crippen molar-refractivity contribution >= 4 is 21.6 Å². The molecule has 2 aromatic carbocycles. The number of hydrogen-bond donors (Lipinski definition) is 1. The highest BCUT2D eigenvalue weighted by Gasteiger charge is 2.25. The molecule has 1 aliphatic rings. The fraction of sp³-hybridized carbons (Fsp3) is 0.200. The molecule has 0 amide bonds. The first-order chi connectivity index (χ1) is 9.13. The van der Waals surface area contributed by atoms with Gasteiger partial charge in [-0.05, 0) is 41.5 Å². The standard InChI is InChI=1S/C15H14BrFN2/c16-11-3-6-15-13(7-11)14(18)9-19(15)8-10-1-4-12(17)5-2-10/h1-7,14H,8-9,18H2. The topological polar surface area (TPSA) is 29.3 Å². The highest BCUT2D eigenvalue weighted by Crippen LogP contribution is 2.36. The molecule has 0 bridgehead atoms. The first-order valence-corrected chi connectivity index (χ1v) is 6.97. The molecule has 2 N–H and O–H groups in total. The maximum Gasteiger partial charge on any atom is 0.123 e. The van der Waals surface area contributed by atoms with E-state index in [2.05, 4.69) is 33.0 Å². The van der Waals surface area contributed by atoms with E-state index in [1.807, 2.05) is 18.2 Å². The average molecular weight is 321 g/mol. The quantitative estimate of drug-likeness (QED) is 0.916. The molecule has 0 saturated carbocycles. The SMILES string of the molecule is NC1CN(Cc2ccc(F)cc2)c2ccc(Br)cc21. The van der Waals surface area contributed by atoms with Crippen molar-refractivity contribution < 1.29 is 4.39 Å². The fourth-order valence-corrected chi connectivity index (χ4v) is 2.88. The summed E-state index contributed by atoms with van der Waals surface area (Å²) in [5, 5.41) is 0. The Morgan fingerprint density at radius 3 is 2.68 bits per heavy atom. The number of hydrogen-bond acceptors (Lipinski definition) is 2. The minimum absolute atomic E-state index is 0.0351. The first kappa shape index (κ1) is 12.6. The Balaban J connectivity index is 1.86. The molecular weight excluding hydrogens is 307 g/mol. The zero-order chi connectivity index (χ0) is 13.4. The molecular formula is C15H14BrFN2. The van der Waals surface area contributed by atoms with Crippen LogP contribution in [0.25, 0.3) is 0 Å². The summed E-state index contributed by atoms with van der Waals surface area (Å²) in [6, 6.07) is 12.8. The summed E-state index contributed by atoms with van der Waals surface area (Å²) in [6.45, 7) is 1.55. The van der Waals surface area contributed by atoms with Gasteiger partial charge in [-0.2, -0.15) is 0 Å². The Morgan fingerprint density at radius 2 is 1.95 bits per heavy atom. The molecule has 2 aromatic rings. The van der Waals surface area contributed by atoms with Crippen molar-refractivity contribution in [3.63, 3.8) is 0 Å². The van der Waals surface area contributed by atoms with E-state index in [1.165, 1.54) is 17.8 Å². The van der Waals surface area contributed by atoms with Gasteiger partial charge in [0, 0.05) is 29.3 Å². The molecule has 0 radical (unpaired) electrons. The van der Waals surface area contributed by atoms with Gasteiger partial charge in [-0.25, -0.2) is 4.39 Å². The van der Waals surface area contributed by atoms with Crippen molar-refractivity contribution in [2.24, 2.45) is 5.73 Å². The minimum Gasteiger partial charge on any atom is -0.365 e. The summed E-state index contributed by atoms with van der Waals surface area (Å²) in [5.41, 5.74) is 9.58.